The number of hydrogen-bond donors (Lipinski definition) is 2. The third kappa shape index (κ3) is 2.41. The van der Waals surface area contributed by atoms with Crippen LogP contribution in [0.15, 0.2) is 0 Å². The first-order valence-electron chi connectivity index (χ1n) is 6.74. The molecule has 0 radical (unpaired) electrons. The van der Waals surface area contributed by atoms with E-state index in [2.05, 4.69) is 19.2 Å². The number of piperidine rings is 1. The topological polar surface area (TPSA) is 32.3 Å². The number of nitrogens with one attached hydrogen (secondary N) is 1. The maximum atomic E-state index is 10.9. The quantitative estimate of drug-likeness (QED) is 0.781. The molecule has 94 valence electrons. The predicted octanol–water partition coefficient (Wildman–Crippen LogP) is 2.41. The minimum absolute atomic E-state index is 0.328. The van der Waals surface area contributed by atoms with E-state index >= 15 is 0 Å². The van der Waals surface area contributed by atoms with Crippen molar-refractivity contribution in [3.8, 4) is 0 Å². The van der Waals surface area contributed by atoms with Gasteiger partial charge in [0.25, 0.3) is 0 Å². The smallest absolute Gasteiger partial charge is 0.0915 e. The van der Waals surface area contributed by atoms with Crippen molar-refractivity contribution in [2.24, 2.45) is 5.92 Å². The highest BCUT2D eigenvalue weighted by atomic mass is 32.2. The molecule has 2 rings (SSSR count). The molecular weight excluding hydrogens is 218 g/mol. The van der Waals surface area contributed by atoms with Crippen LogP contribution in [0.1, 0.15) is 46.0 Å². The van der Waals surface area contributed by atoms with E-state index in [1.807, 2.05) is 11.8 Å². The Hall–Kier alpha value is 0.270. The zero-order valence-corrected chi connectivity index (χ0v) is 11.4. The molecule has 0 spiro atoms. The van der Waals surface area contributed by atoms with Crippen molar-refractivity contribution in [1.82, 2.24) is 5.32 Å². The second-order valence-electron chi connectivity index (χ2n) is 5.41. The fraction of sp³-hybridized carbons (Fsp3) is 1.00. The first-order chi connectivity index (χ1) is 7.66. The first-order valence-corrected chi connectivity index (χ1v) is 7.79. The Morgan fingerprint density at radius 1 is 1.50 bits per heavy atom. The van der Waals surface area contributed by atoms with Crippen molar-refractivity contribution in [2.75, 3.05) is 12.3 Å². The molecule has 2 N–H and O–H groups in total. The molecule has 2 fully saturated rings. The molecular formula is C13H25NOS. The van der Waals surface area contributed by atoms with Crippen LogP contribution in [0.3, 0.4) is 0 Å². The van der Waals surface area contributed by atoms with Gasteiger partial charge in [-0.3, -0.25) is 0 Å². The van der Waals surface area contributed by atoms with E-state index in [1.54, 1.807) is 0 Å². The van der Waals surface area contributed by atoms with Gasteiger partial charge in [0.15, 0.2) is 0 Å². The Bertz CT molecular complexity index is 236. The summed E-state index contributed by atoms with van der Waals surface area (Å²) < 4.78 is 0. The van der Waals surface area contributed by atoms with Gasteiger partial charge < -0.3 is 10.4 Å². The molecule has 0 saturated carbocycles. The van der Waals surface area contributed by atoms with Gasteiger partial charge in [0, 0.05) is 11.3 Å². The molecule has 0 aromatic heterocycles. The SMILES string of the molecule is CCC1CCNC(C2(O)CCCSC2C)C1. The average Bonchev–Trinajstić information content (AvgIpc) is 2.33. The molecule has 0 amide bonds. The first kappa shape index (κ1) is 12.7. The van der Waals surface area contributed by atoms with Gasteiger partial charge in [-0.2, -0.15) is 11.8 Å². The van der Waals surface area contributed by atoms with Crippen LogP contribution in [0.4, 0.5) is 0 Å². The highest BCUT2D eigenvalue weighted by Gasteiger charge is 2.44. The van der Waals surface area contributed by atoms with E-state index in [0.717, 1.165) is 25.3 Å². The molecule has 0 aliphatic carbocycles. The second kappa shape index (κ2) is 5.28. The zero-order valence-electron chi connectivity index (χ0n) is 10.5. The molecule has 3 heteroatoms. The van der Waals surface area contributed by atoms with Crippen molar-refractivity contribution < 1.29 is 5.11 Å². The van der Waals surface area contributed by atoms with E-state index in [9.17, 15) is 5.11 Å². The van der Waals surface area contributed by atoms with Crippen molar-refractivity contribution >= 4 is 11.8 Å². The number of hydrogen-bond acceptors (Lipinski definition) is 3. The number of rotatable bonds is 2. The third-order valence-corrected chi connectivity index (χ3v) is 5.92. The lowest BCUT2D eigenvalue weighted by atomic mass is 9.78. The lowest BCUT2D eigenvalue weighted by molar-refractivity contribution is -0.0234. The Labute approximate surface area is 104 Å². The maximum absolute atomic E-state index is 10.9. The van der Waals surface area contributed by atoms with Crippen molar-refractivity contribution in [1.29, 1.82) is 0 Å². The van der Waals surface area contributed by atoms with Gasteiger partial charge >= 0.3 is 0 Å². The summed E-state index contributed by atoms with van der Waals surface area (Å²) >= 11 is 1.94. The molecule has 4 atom stereocenters. The van der Waals surface area contributed by atoms with Crippen LogP contribution < -0.4 is 5.32 Å². The molecule has 0 bridgehead atoms. The fourth-order valence-corrected chi connectivity index (χ4v) is 4.40. The Kier molecular flexibility index (Phi) is 4.20. The molecule has 0 aromatic rings. The molecule has 0 aromatic carbocycles. The lowest BCUT2D eigenvalue weighted by Crippen LogP contribution is -2.59. The summed E-state index contributed by atoms with van der Waals surface area (Å²) in [5.41, 5.74) is -0.462. The van der Waals surface area contributed by atoms with Crippen LogP contribution in [0, 0.1) is 5.92 Å². The minimum Gasteiger partial charge on any atom is -0.387 e. The average molecular weight is 243 g/mol. The lowest BCUT2D eigenvalue weighted by Gasteiger charge is -2.46. The van der Waals surface area contributed by atoms with Gasteiger partial charge in [-0.15, -0.1) is 0 Å². The zero-order chi connectivity index (χ0) is 11.6. The number of thioether (sulfide) groups is 1. The second-order valence-corrected chi connectivity index (χ2v) is 6.86. The van der Waals surface area contributed by atoms with Gasteiger partial charge in [-0.25, -0.2) is 0 Å². The molecule has 2 heterocycles. The Balaban J connectivity index is 2.03. The van der Waals surface area contributed by atoms with Gasteiger partial charge in [0.2, 0.25) is 0 Å². The summed E-state index contributed by atoms with van der Waals surface area (Å²) in [6.07, 6.45) is 5.86. The molecule has 2 saturated heterocycles. The van der Waals surface area contributed by atoms with Crippen LogP contribution in [0.25, 0.3) is 0 Å². The predicted molar refractivity (Wildman–Crippen MR) is 70.9 cm³/mol. The molecule has 4 unspecified atom stereocenters. The number of aliphatic hydroxyl groups is 1. The van der Waals surface area contributed by atoms with Crippen LogP contribution in [-0.4, -0.2) is 34.3 Å². The van der Waals surface area contributed by atoms with E-state index in [1.165, 1.54) is 25.0 Å². The normalized spacial score (nSPS) is 45.6. The van der Waals surface area contributed by atoms with Gasteiger partial charge in [-0.05, 0) is 43.9 Å². The van der Waals surface area contributed by atoms with E-state index in [4.69, 9.17) is 0 Å². The Morgan fingerprint density at radius 2 is 2.31 bits per heavy atom. The van der Waals surface area contributed by atoms with Gasteiger partial charge in [-0.1, -0.05) is 20.3 Å². The summed E-state index contributed by atoms with van der Waals surface area (Å²) in [5, 5.41) is 14.8. The van der Waals surface area contributed by atoms with E-state index in [0.29, 0.717) is 11.3 Å². The summed E-state index contributed by atoms with van der Waals surface area (Å²) in [7, 11) is 0. The van der Waals surface area contributed by atoms with Crippen LogP contribution >= 0.6 is 11.8 Å². The van der Waals surface area contributed by atoms with Crippen LogP contribution in [0.5, 0.6) is 0 Å². The molecule has 2 aliphatic heterocycles. The standard InChI is InChI=1S/C13H25NOS/c1-3-11-5-7-14-12(9-11)13(15)6-4-8-16-10(13)2/h10-12,14-15H,3-9H2,1-2H3. The minimum atomic E-state index is -0.462. The highest BCUT2D eigenvalue weighted by Crippen LogP contribution is 2.39. The van der Waals surface area contributed by atoms with Gasteiger partial charge in [0.05, 0.1) is 5.60 Å². The van der Waals surface area contributed by atoms with Crippen LogP contribution in [-0.2, 0) is 0 Å². The van der Waals surface area contributed by atoms with Crippen LogP contribution in [0.2, 0.25) is 0 Å². The Morgan fingerprint density at radius 3 is 3.00 bits per heavy atom. The third-order valence-electron chi connectivity index (χ3n) is 4.49. The van der Waals surface area contributed by atoms with Gasteiger partial charge in [0.1, 0.15) is 0 Å². The van der Waals surface area contributed by atoms with E-state index < -0.39 is 5.60 Å². The fourth-order valence-electron chi connectivity index (χ4n) is 3.17. The maximum Gasteiger partial charge on any atom is 0.0915 e. The highest BCUT2D eigenvalue weighted by molar-refractivity contribution is 8.00. The summed E-state index contributed by atoms with van der Waals surface area (Å²) in [6, 6.07) is 0.328. The summed E-state index contributed by atoms with van der Waals surface area (Å²) in [4.78, 5) is 0. The molecule has 2 nitrogen and oxygen atoms in total. The monoisotopic (exact) mass is 243 g/mol. The van der Waals surface area contributed by atoms with Crippen molar-refractivity contribution in [3.63, 3.8) is 0 Å². The summed E-state index contributed by atoms with van der Waals surface area (Å²) in [6.45, 7) is 5.56. The summed E-state index contributed by atoms with van der Waals surface area (Å²) in [5.74, 6) is 2.03. The van der Waals surface area contributed by atoms with Crippen molar-refractivity contribution in [2.45, 2.75) is 62.8 Å². The molecule has 2 aliphatic rings. The van der Waals surface area contributed by atoms with E-state index in [-0.39, 0.29) is 0 Å². The largest absolute Gasteiger partial charge is 0.387 e. The molecule has 16 heavy (non-hydrogen) atoms. The van der Waals surface area contributed by atoms with Crippen molar-refractivity contribution in [3.05, 3.63) is 0 Å².